The zero-order valence-electron chi connectivity index (χ0n) is 14.6. The molecule has 0 radical (unpaired) electrons. The van der Waals surface area contributed by atoms with Gasteiger partial charge >= 0.3 is 0 Å². The second kappa shape index (κ2) is 9.88. The van der Waals surface area contributed by atoms with E-state index in [1.165, 1.54) is 11.3 Å². The summed E-state index contributed by atoms with van der Waals surface area (Å²) in [6.07, 6.45) is 0. The summed E-state index contributed by atoms with van der Waals surface area (Å²) in [7, 11) is 1.96. The van der Waals surface area contributed by atoms with Crippen molar-refractivity contribution in [3.8, 4) is 0 Å². The van der Waals surface area contributed by atoms with Gasteiger partial charge < -0.3 is 10.6 Å². The molecular weight excluding hydrogens is 437 g/mol. The van der Waals surface area contributed by atoms with Gasteiger partial charge in [0.2, 0.25) is 0 Å². The van der Waals surface area contributed by atoms with E-state index >= 15 is 0 Å². The minimum absolute atomic E-state index is 0. The van der Waals surface area contributed by atoms with Crippen LogP contribution in [0.1, 0.15) is 29.4 Å². The van der Waals surface area contributed by atoms with E-state index in [1.807, 2.05) is 42.9 Å². The van der Waals surface area contributed by atoms with Crippen molar-refractivity contribution >= 4 is 41.5 Å². The summed E-state index contributed by atoms with van der Waals surface area (Å²) in [4.78, 5) is 4.62. The number of nitrogens with one attached hydrogen (secondary N) is 2. The fourth-order valence-corrected chi connectivity index (χ4v) is 2.47. The molecule has 1 aromatic heterocycles. The van der Waals surface area contributed by atoms with Crippen molar-refractivity contribution < 1.29 is 0 Å². The van der Waals surface area contributed by atoms with E-state index in [-0.39, 0.29) is 24.0 Å². The molecule has 7 heteroatoms. The van der Waals surface area contributed by atoms with E-state index < -0.39 is 0 Å². The van der Waals surface area contributed by atoms with E-state index in [9.17, 15) is 0 Å². The number of aryl methyl sites for hydroxylation is 2. The molecular formula is C17H25ClIN5. The minimum Gasteiger partial charge on any atom is -0.357 e. The second-order valence-electron chi connectivity index (χ2n) is 5.45. The van der Waals surface area contributed by atoms with Gasteiger partial charge in [0.1, 0.15) is 0 Å². The molecule has 5 nitrogen and oxygen atoms in total. The normalized spacial score (nSPS) is 11.1. The van der Waals surface area contributed by atoms with Crippen LogP contribution in [0.3, 0.4) is 0 Å². The first-order valence-electron chi connectivity index (χ1n) is 7.77. The summed E-state index contributed by atoms with van der Waals surface area (Å²) in [6.45, 7) is 8.30. The van der Waals surface area contributed by atoms with Gasteiger partial charge in [0.15, 0.2) is 5.96 Å². The topological polar surface area (TPSA) is 54.2 Å². The van der Waals surface area contributed by atoms with E-state index in [4.69, 9.17) is 11.6 Å². The van der Waals surface area contributed by atoms with Crippen molar-refractivity contribution in [2.75, 3.05) is 6.54 Å². The van der Waals surface area contributed by atoms with Gasteiger partial charge in [-0.25, -0.2) is 4.99 Å². The first-order chi connectivity index (χ1) is 11.0. The zero-order chi connectivity index (χ0) is 16.8. The lowest BCUT2D eigenvalue weighted by atomic mass is 10.2. The van der Waals surface area contributed by atoms with Crippen molar-refractivity contribution in [3.05, 3.63) is 51.8 Å². The monoisotopic (exact) mass is 461 g/mol. The van der Waals surface area contributed by atoms with Crippen LogP contribution < -0.4 is 10.6 Å². The maximum absolute atomic E-state index is 5.90. The highest BCUT2D eigenvalue weighted by Crippen LogP contribution is 2.12. The summed E-state index contributed by atoms with van der Waals surface area (Å²) in [5.74, 6) is 0.796. The van der Waals surface area contributed by atoms with Gasteiger partial charge in [0.05, 0.1) is 12.2 Å². The molecule has 132 valence electrons. The number of hydrogen-bond donors (Lipinski definition) is 2. The van der Waals surface area contributed by atoms with E-state index in [0.29, 0.717) is 13.1 Å². The van der Waals surface area contributed by atoms with Gasteiger partial charge in [0, 0.05) is 36.4 Å². The first kappa shape index (κ1) is 20.8. The van der Waals surface area contributed by atoms with Crippen LogP contribution >= 0.6 is 35.6 Å². The lowest BCUT2D eigenvalue weighted by Gasteiger charge is -2.11. The maximum atomic E-state index is 5.90. The van der Waals surface area contributed by atoms with Crippen LogP contribution in [0.4, 0.5) is 0 Å². The third kappa shape index (κ3) is 5.66. The number of aromatic nitrogens is 2. The van der Waals surface area contributed by atoms with Crippen molar-refractivity contribution in [3.63, 3.8) is 0 Å². The molecule has 0 aliphatic carbocycles. The molecule has 0 saturated heterocycles. The van der Waals surface area contributed by atoms with Crippen molar-refractivity contribution in [1.82, 2.24) is 20.4 Å². The van der Waals surface area contributed by atoms with Gasteiger partial charge in [-0.15, -0.1) is 24.0 Å². The number of aliphatic imine (C=N–C) groups is 1. The Kier molecular flexibility index (Phi) is 8.55. The molecule has 0 fully saturated rings. The van der Waals surface area contributed by atoms with E-state index in [0.717, 1.165) is 28.8 Å². The molecule has 2 aromatic rings. The summed E-state index contributed by atoms with van der Waals surface area (Å²) in [5, 5.41) is 11.8. The standard InChI is InChI=1S/C17H24ClN5.HI/c1-5-19-17(20-10-14-6-8-15(18)9-7-14)21-11-16-12(2)22-23(4)13(16)3;/h6-9H,5,10-11H2,1-4H3,(H2,19,20,21);1H. The highest BCUT2D eigenvalue weighted by atomic mass is 127. The lowest BCUT2D eigenvalue weighted by molar-refractivity contribution is 0.728. The fourth-order valence-electron chi connectivity index (χ4n) is 2.35. The predicted octanol–water partition coefficient (Wildman–Crippen LogP) is 3.56. The fraction of sp³-hybridized carbons (Fsp3) is 0.412. The summed E-state index contributed by atoms with van der Waals surface area (Å²) in [5.41, 5.74) is 4.56. The molecule has 1 aromatic carbocycles. The summed E-state index contributed by atoms with van der Waals surface area (Å²) < 4.78 is 1.91. The molecule has 0 aliphatic heterocycles. The SMILES string of the molecule is CCNC(=NCc1ccc(Cl)cc1)NCc1c(C)nn(C)c1C.I. The highest BCUT2D eigenvalue weighted by Gasteiger charge is 2.09. The van der Waals surface area contributed by atoms with Crippen LogP contribution in [0.25, 0.3) is 0 Å². The van der Waals surface area contributed by atoms with Crippen LogP contribution in [0, 0.1) is 13.8 Å². The molecule has 24 heavy (non-hydrogen) atoms. The van der Waals surface area contributed by atoms with Gasteiger partial charge in [-0.2, -0.15) is 5.10 Å². The van der Waals surface area contributed by atoms with Gasteiger partial charge in [-0.05, 0) is 38.5 Å². The van der Waals surface area contributed by atoms with Crippen LogP contribution in [-0.4, -0.2) is 22.3 Å². The largest absolute Gasteiger partial charge is 0.357 e. The quantitative estimate of drug-likeness (QED) is 0.407. The summed E-state index contributed by atoms with van der Waals surface area (Å²) >= 11 is 5.90. The van der Waals surface area contributed by atoms with E-state index in [2.05, 4.69) is 34.6 Å². The Morgan fingerprint density at radius 2 is 1.88 bits per heavy atom. The molecule has 0 spiro atoms. The molecule has 2 N–H and O–H groups in total. The Labute approximate surface area is 165 Å². The molecule has 0 bridgehead atoms. The average Bonchev–Trinajstić information content (AvgIpc) is 2.77. The van der Waals surface area contributed by atoms with E-state index in [1.54, 1.807) is 0 Å². The number of nitrogens with zero attached hydrogens (tertiary/aromatic N) is 3. The Bertz CT molecular complexity index is 679. The smallest absolute Gasteiger partial charge is 0.191 e. The number of halogens is 2. The Balaban J connectivity index is 0.00000288. The molecule has 2 rings (SSSR count). The van der Waals surface area contributed by atoms with Gasteiger partial charge in [-0.1, -0.05) is 23.7 Å². The number of rotatable bonds is 5. The Hall–Kier alpha value is -1.28. The van der Waals surface area contributed by atoms with Crippen LogP contribution in [0.15, 0.2) is 29.3 Å². The van der Waals surface area contributed by atoms with Crippen molar-refractivity contribution in [2.45, 2.75) is 33.9 Å². The third-order valence-electron chi connectivity index (χ3n) is 3.77. The Morgan fingerprint density at radius 3 is 2.42 bits per heavy atom. The second-order valence-corrected chi connectivity index (χ2v) is 5.88. The van der Waals surface area contributed by atoms with Crippen molar-refractivity contribution in [1.29, 1.82) is 0 Å². The van der Waals surface area contributed by atoms with Crippen LogP contribution in [-0.2, 0) is 20.1 Å². The summed E-state index contributed by atoms with van der Waals surface area (Å²) in [6, 6.07) is 7.75. The zero-order valence-corrected chi connectivity index (χ0v) is 17.6. The number of benzene rings is 1. The van der Waals surface area contributed by atoms with Gasteiger partial charge in [0.25, 0.3) is 0 Å². The van der Waals surface area contributed by atoms with Gasteiger partial charge in [-0.3, -0.25) is 4.68 Å². The molecule has 1 heterocycles. The molecule has 0 atom stereocenters. The molecule has 0 saturated carbocycles. The van der Waals surface area contributed by atoms with Crippen LogP contribution in [0.2, 0.25) is 5.02 Å². The Morgan fingerprint density at radius 1 is 1.21 bits per heavy atom. The minimum atomic E-state index is 0. The average molecular weight is 462 g/mol. The lowest BCUT2D eigenvalue weighted by Crippen LogP contribution is -2.37. The molecule has 0 amide bonds. The maximum Gasteiger partial charge on any atom is 0.191 e. The highest BCUT2D eigenvalue weighted by molar-refractivity contribution is 14.0. The van der Waals surface area contributed by atoms with Crippen molar-refractivity contribution in [2.24, 2.45) is 12.0 Å². The third-order valence-corrected chi connectivity index (χ3v) is 4.02. The number of guanidine groups is 1. The predicted molar refractivity (Wildman–Crippen MR) is 111 cm³/mol. The molecule has 0 aliphatic rings. The van der Waals surface area contributed by atoms with Crippen LogP contribution in [0.5, 0.6) is 0 Å². The molecule has 0 unspecified atom stereocenters. The number of hydrogen-bond acceptors (Lipinski definition) is 2. The first-order valence-corrected chi connectivity index (χ1v) is 8.14.